The Kier molecular flexibility index (Phi) is 16.3. The predicted octanol–water partition coefficient (Wildman–Crippen LogP) is -4.87. The Morgan fingerprint density at radius 3 is 1.33 bits per heavy atom. The second kappa shape index (κ2) is 10.3. The van der Waals surface area contributed by atoms with Gasteiger partial charge in [0.25, 0.3) is 0 Å². The van der Waals surface area contributed by atoms with Crippen molar-refractivity contribution in [3.05, 3.63) is 0 Å². The van der Waals surface area contributed by atoms with Crippen LogP contribution in [0.3, 0.4) is 0 Å². The van der Waals surface area contributed by atoms with E-state index in [0.717, 1.165) is 0 Å². The molecular formula is C3H8CaO7P-. The Bertz CT molecular complexity index is 112. The molecule has 0 atom stereocenters. The molecule has 0 aliphatic carbocycles. The number of hydrogen-bond donors (Lipinski definition) is 3. The smallest absolute Gasteiger partial charge is 0.822 e. The van der Waals surface area contributed by atoms with E-state index in [1.807, 2.05) is 0 Å². The molecule has 0 unspecified atom stereocenters. The first kappa shape index (κ1) is 18.9. The maximum absolute atomic E-state index is 8.55. The van der Waals surface area contributed by atoms with E-state index >= 15 is 0 Å². The Morgan fingerprint density at radius 1 is 1.17 bits per heavy atom. The summed E-state index contributed by atoms with van der Waals surface area (Å²) in [7, 11) is -5.39. The Hall–Kier alpha value is 1.25. The second-order valence-corrected chi connectivity index (χ2v) is 2.36. The van der Waals surface area contributed by atoms with Gasteiger partial charge < -0.3 is 34.6 Å². The molecule has 0 aromatic carbocycles. The van der Waals surface area contributed by atoms with E-state index in [0.29, 0.717) is 0 Å². The minimum absolute atomic E-state index is 0. The molecular weight excluding hydrogens is 219 g/mol. The number of rotatable bonds is 2. The first-order valence-corrected chi connectivity index (χ1v) is 3.90. The van der Waals surface area contributed by atoms with E-state index in [1.54, 1.807) is 0 Å². The summed E-state index contributed by atoms with van der Waals surface area (Å²) in [6.07, 6.45) is -0.954. The van der Waals surface area contributed by atoms with E-state index in [1.165, 1.54) is 0 Å². The molecule has 3 N–H and O–H groups in total. The van der Waals surface area contributed by atoms with Crippen molar-refractivity contribution in [3.8, 4) is 0 Å². The molecule has 0 bridgehead atoms. The van der Waals surface area contributed by atoms with Crippen LogP contribution in [0, 0.1) is 0 Å². The molecule has 70 valence electrons. The molecule has 0 aromatic rings. The van der Waals surface area contributed by atoms with Gasteiger partial charge in [0.1, 0.15) is 6.10 Å². The Morgan fingerprint density at radius 2 is 1.33 bits per heavy atom. The molecule has 9 heteroatoms. The van der Waals surface area contributed by atoms with Crippen molar-refractivity contribution in [2.24, 2.45) is 0 Å². The van der Waals surface area contributed by atoms with Crippen LogP contribution in [0.2, 0.25) is 0 Å². The molecule has 0 amide bonds. The molecule has 0 aliphatic rings. The second-order valence-electron chi connectivity index (χ2n) is 1.47. The number of hydrogen-bond acceptors (Lipinski definition) is 7. The standard InChI is InChI=1S/C3H8O3.Ca.H3O4P/c4-1-3(6)2-5;;1-5(2,3)4/h3-6H,1-2H2;;(H3,1,2,3,4)/q;+2;/p-3. The van der Waals surface area contributed by atoms with E-state index in [2.05, 4.69) is 0 Å². The van der Waals surface area contributed by atoms with Gasteiger partial charge in [-0.25, -0.2) is 0 Å². The van der Waals surface area contributed by atoms with Crippen LogP contribution in [0.25, 0.3) is 0 Å². The van der Waals surface area contributed by atoms with Crippen molar-refractivity contribution in [2.75, 3.05) is 13.2 Å². The van der Waals surface area contributed by atoms with E-state index in [4.69, 9.17) is 34.6 Å². The van der Waals surface area contributed by atoms with Crippen molar-refractivity contribution < 1.29 is 34.6 Å². The minimum Gasteiger partial charge on any atom is -0.822 e. The van der Waals surface area contributed by atoms with Gasteiger partial charge in [0.05, 0.1) is 13.2 Å². The molecule has 0 heterocycles. The van der Waals surface area contributed by atoms with Crippen LogP contribution in [-0.2, 0) is 4.57 Å². The van der Waals surface area contributed by atoms with Crippen molar-refractivity contribution in [1.82, 2.24) is 0 Å². The molecule has 0 aliphatic heterocycles. The Labute approximate surface area is 98.9 Å². The van der Waals surface area contributed by atoms with Gasteiger partial charge in [-0.3, -0.25) is 0 Å². The summed E-state index contributed by atoms with van der Waals surface area (Å²) in [5, 5.41) is 24.0. The van der Waals surface area contributed by atoms with Crippen LogP contribution in [0.5, 0.6) is 0 Å². The number of aliphatic hydroxyl groups excluding tert-OH is 3. The maximum atomic E-state index is 8.55. The summed E-state index contributed by atoms with van der Waals surface area (Å²) >= 11 is 0. The monoisotopic (exact) mass is 227 g/mol. The fourth-order valence-corrected chi connectivity index (χ4v) is 0.0577. The molecule has 0 saturated carbocycles. The van der Waals surface area contributed by atoms with Crippen molar-refractivity contribution in [2.45, 2.75) is 6.10 Å². The van der Waals surface area contributed by atoms with Crippen molar-refractivity contribution >= 4 is 45.6 Å². The molecule has 7 nitrogen and oxygen atoms in total. The topological polar surface area (TPSA) is 147 Å². The molecule has 0 radical (unpaired) electrons. The predicted molar refractivity (Wildman–Crippen MR) is 33.5 cm³/mol. The van der Waals surface area contributed by atoms with E-state index in [9.17, 15) is 0 Å². The maximum Gasteiger partial charge on any atom is 2.00 e. The van der Waals surface area contributed by atoms with Crippen molar-refractivity contribution in [3.63, 3.8) is 0 Å². The van der Waals surface area contributed by atoms with Crippen LogP contribution in [-0.4, -0.2) is 72.4 Å². The molecule has 0 aromatic heterocycles. The zero-order valence-electron chi connectivity index (χ0n) is 6.12. The van der Waals surface area contributed by atoms with Gasteiger partial charge in [-0.1, -0.05) is 0 Å². The van der Waals surface area contributed by atoms with Crippen LogP contribution in [0.1, 0.15) is 0 Å². The minimum atomic E-state index is -5.39. The largest absolute Gasteiger partial charge is 2.00 e. The third-order valence-corrected chi connectivity index (χ3v) is 0.421. The van der Waals surface area contributed by atoms with Gasteiger partial charge in [-0.15, -0.1) is 0 Å². The molecule has 0 fully saturated rings. The van der Waals surface area contributed by atoms with Gasteiger partial charge in [-0.05, 0) is 0 Å². The van der Waals surface area contributed by atoms with Crippen LogP contribution in [0.4, 0.5) is 0 Å². The summed E-state index contributed by atoms with van der Waals surface area (Å²) in [6, 6.07) is 0. The summed E-state index contributed by atoms with van der Waals surface area (Å²) in [4.78, 5) is 25.6. The van der Waals surface area contributed by atoms with Crippen molar-refractivity contribution in [1.29, 1.82) is 0 Å². The zero-order chi connectivity index (χ0) is 9.49. The number of aliphatic hydroxyl groups is 3. The summed E-state index contributed by atoms with van der Waals surface area (Å²) in [6.45, 7) is -0.729. The molecule has 0 spiro atoms. The van der Waals surface area contributed by atoms with Gasteiger partial charge in [0, 0.05) is 0 Å². The first-order chi connectivity index (χ1) is 4.81. The van der Waals surface area contributed by atoms with E-state index < -0.39 is 13.9 Å². The first-order valence-electron chi connectivity index (χ1n) is 2.44. The fourth-order valence-electron chi connectivity index (χ4n) is 0.0577. The van der Waals surface area contributed by atoms with Crippen LogP contribution >= 0.6 is 7.82 Å². The third-order valence-electron chi connectivity index (χ3n) is 0.421. The molecule has 0 saturated heterocycles. The Balaban J connectivity index is -0.000000126. The number of phosphoric acid groups is 1. The third kappa shape index (κ3) is 42.9. The summed E-state index contributed by atoms with van der Waals surface area (Å²) in [5.74, 6) is 0. The van der Waals surface area contributed by atoms with Gasteiger partial charge in [0.15, 0.2) is 0 Å². The van der Waals surface area contributed by atoms with Crippen LogP contribution in [0.15, 0.2) is 0 Å². The zero-order valence-corrected chi connectivity index (χ0v) is 9.22. The fraction of sp³-hybridized carbons (Fsp3) is 1.00. The SMILES string of the molecule is O=P([O-])([O-])[O-].OCC(O)CO.[Ca+2]. The van der Waals surface area contributed by atoms with Gasteiger partial charge in [-0.2, -0.15) is 7.82 Å². The summed E-state index contributed by atoms with van der Waals surface area (Å²) in [5.41, 5.74) is 0. The molecule has 0 rings (SSSR count). The van der Waals surface area contributed by atoms with Crippen LogP contribution < -0.4 is 14.7 Å². The average molecular weight is 227 g/mol. The van der Waals surface area contributed by atoms with Gasteiger partial charge in [0.2, 0.25) is 0 Å². The molecule has 12 heavy (non-hydrogen) atoms. The normalized spacial score (nSPS) is 9.92. The van der Waals surface area contributed by atoms with Gasteiger partial charge >= 0.3 is 37.7 Å². The summed E-state index contributed by atoms with van der Waals surface area (Å²) < 4.78 is 8.55. The average Bonchev–Trinajstić information content (AvgIpc) is 1.83. The van der Waals surface area contributed by atoms with E-state index in [-0.39, 0.29) is 51.0 Å². The quantitative estimate of drug-likeness (QED) is 0.316.